The van der Waals surface area contributed by atoms with Crippen molar-refractivity contribution in [3.63, 3.8) is 0 Å². The highest BCUT2D eigenvalue weighted by molar-refractivity contribution is 5.81. The van der Waals surface area contributed by atoms with Gasteiger partial charge in [0, 0.05) is 32.7 Å². The second kappa shape index (κ2) is 7.60. The number of carbonyl (C=O) groups excluding carboxylic acids is 1. The van der Waals surface area contributed by atoms with Gasteiger partial charge in [0.2, 0.25) is 0 Å². The quantitative estimate of drug-likeness (QED) is 0.853. The summed E-state index contributed by atoms with van der Waals surface area (Å²) in [5, 5.41) is 0. The van der Waals surface area contributed by atoms with Crippen LogP contribution in [0.2, 0.25) is 0 Å². The average Bonchev–Trinajstić information content (AvgIpc) is 2.67. The minimum atomic E-state index is -0.348. The molecule has 0 radical (unpaired) electrons. The second-order valence-electron chi connectivity index (χ2n) is 7.36. The summed E-state index contributed by atoms with van der Waals surface area (Å²) >= 11 is 0. The lowest BCUT2D eigenvalue weighted by molar-refractivity contribution is -0.150. The van der Waals surface area contributed by atoms with E-state index in [2.05, 4.69) is 54.3 Å². The van der Waals surface area contributed by atoms with Crippen LogP contribution in [0.1, 0.15) is 22.3 Å². The molecule has 0 bridgehead atoms. The zero-order valence-electron chi connectivity index (χ0n) is 15.4. The summed E-state index contributed by atoms with van der Waals surface area (Å²) in [6, 6.07) is 17.0. The van der Waals surface area contributed by atoms with Crippen LogP contribution in [0.3, 0.4) is 0 Å². The largest absolute Gasteiger partial charge is 0.366 e. The first-order valence-electron chi connectivity index (χ1n) is 9.44. The lowest BCUT2D eigenvalue weighted by atomic mass is 9.99. The zero-order chi connectivity index (χ0) is 17.9. The molecule has 0 aliphatic carbocycles. The van der Waals surface area contributed by atoms with Crippen LogP contribution >= 0.6 is 0 Å². The Morgan fingerprint density at radius 2 is 1.96 bits per heavy atom. The molecule has 136 valence electrons. The Morgan fingerprint density at radius 3 is 2.81 bits per heavy atom. The molecule has 1 saturated heterocycles. The Balaban J connectivity index is 1.39. The summed E-state index contributed by atoms with van der Waals surface area (Å²) in [5.41, 5.74) is 5.20. The van der Waals surface area contributed by atoms with Crippen LogP contribution in [0.15, 0.2) is 48.5 Å². The number of amides is 1. The zero-order valence-corrected chi connectivity index (χ0v) is 15.4. The van der Waals surface area contributed by atoms with Gasteiger partial charge in [-0.25, -0.2) is 0 Å². The average molecular weight is 350 g/mol. The molecule has 1 fully saturated rings. The molecular formula is C22H26N2O2. The summed E-state index contributed by atoms with van der Waals surface area (Å²) in [4.78, 5) is 17.3. The SMILES string of the molecule is Cc1cccc(CN2CCOC(C(=O)N3CCc4ccccc4C3)C2)c1. The number of fused-ring (bicyclic) bond motifs is 1. The fourth-order valence-corrected chi connectivity index (χ4v) is 3.95. The van der Waals surface area contributed by atoms with E-state index >= 15 is 0 Å². The third-order valence-corrected chi connectivity index (χ3v) is 5.36. The van der Waals surface area contributed by atoms with E-state index < -0.39 is 0 Å². The fourth-order valence-electron chi connectivity index (χ4n) is 3.95. The number of aryl methyl sites for hydroxylation is 1. The first kappa shape index (κ1) is 17.3. The van der Waals surface area contributed by atoms with Gasteiger partial charge >= 0.3 is 0 Å². The second-order valence-corrected chi connectivity index (χ2v) is 7.36. The molecule has 0 N–H and O–H groups in total. The van der Waals surface area contributed by atoms with E-state index in [0.717, 1.165) is 26.1 Å². The van der Waals surface area contributed by atoms with Gasteiger partial charge in [-0.15, -0.1) is 0 Å². The minimum Gasteiger partial charge on any atom is -0.366 e. The molecule has 1 amide bonds. The van der Waals surface area contributed by atoms with Crippen LogP contribution in [0, 0.1) is 6.92 Å². The molecule has 1 unspecified atom stereocenters. The summed E-state index contributed by atoms with van der Waals surface area (Å²) in [7, 11) is 0. The maximum absolute atomic E-state index is 13.0. The number of benzene rings is 2. The predicted molar refractivity (Wildman–Crippen MR) is 102 cm³/mol. The topological polar surface area (TPSA) is 32.8 Å². The third-order valence-electron chi connectivity index (χ3n) is 5.36. The van der Waals surface area contributed by atoms with Crippen LogP contribution in [0.4, 0.5) is 0 Å². The Labute approximate surface area is 155 Å². The predicted octanol–water partition coefficient (Wildman–Crippen LogP) is 2.78. The van der Waals surface area contributed by atoms with Gasteiger partial charge in [0.25, 0.3) is 5.91 Å². The van der Waals surface area contributed by atoms with Crippen molar-refractivity contribution in [3.05, 3.63) is 70.8 Å². The summed E-state index contributed by atoms with van der Waals surface area (Å²) < 4.78 is 5.84. The Hall–Kier alpha value is -2.17. The van der Waals surface area contributed by atoms with Gasteiger partial charge in [-0.2, -0.15) is 0 Å². The lowest BCUT2D eigenvalue weighted by Crippen LogP contribution is -2.51. The van der Waals surface area contributed by atoms with E-state index in [0.29, 0.717) is 19.7 Å². The van der Waals surface area contributed by atoms with Crippen LogP contribution in [-0.2, 0) is 29.0 Å². The molecule has 2 aromatic carbocycles. The molecule has 2 aliphatic rings. The fraction of sp³-hybridized carbons (Fsp3) is 0.409. The molecule has 2 aliphatic heterocycles. The number of rotatable bonds is 3. The van der Waals surface area contributed by atoms with E-state index in [1.54, 1.807) is 0 Å². The molecule has 0 aromatic heterocycles. The number of hydrogen-bond donors (Lipinski definition) is 0. The molecule has 1 atom stereocenters. The van der Waals surface area contributed by atoms with Gasteiger partial charge in [0.1, 0.15) is 6.10 Å². The Morgan fingerprint density at radius 1 is 1.12 bits per heavy atom. The maximum atomic E-state index is 13.0. The van der Waals surface area contributed by atoms with E-state index in [1.807, 2.05) is 11.0 Å². The summed E-state index contributed by atoms with van der Waals surface area (Å²) in [5.74, 6) is 0.133. The van der Waals surface area contributed by atoms with E-state index in [9.17, 15) is 4.79 Å². The van der Waals surface area contributed by atoms with E-state index in [1.165, 1.54) is 22.3 Å². The summed E-state index contributed by atoms with van der Waals surface area (Å²) in [6.07, 6.45) is 0.584. The Bertz CT molecular complexity index is 789. The van der Waals surface area contributed by atoms with Crippen molar-refractivity contribution in [1.29, 1.82) is 0 Å². The van der Waals surface area contributed by atoms with E-state index in [4.69, 9.17) is 4.74 Å². The number of carbonyl (C=O) groups is 1. The van der Waals surface area contributed by atoms with Crippen molar-refractivity contribution in [2.24, 2.45) is 0 Å². The summed E-state index contributed by atoms with van der Waals surface area (Å²) in [6.45, 7) is 6.64. The van der Waals surface area contributed by atoms with Crippen molar-refractivity contribution in [2.45, 2.75) is 32.5 Å². The van der Waals surface area contributed by atoms with Crippen molar-refractivity contribution in [3.8, 4) is 0 Å². The van der Waals surface area contributed by atoms with Gasteiger partial charge in [0.05, 0.1) is 6.61 Å². The van der Waals surface area contributed by atoms with Crippen molar-refractivity contribution < 1.29 is 9.53 Å². The number of morpholine rings is 1. The molecule has 4 rings (SSSR count). The van der Waals surface area contributed by atoms with Crippen LogP contribution in [0.25, 0.3) is 0 Å². The van der Waals surface area contributed by atoms with Gasteiger partial charge in [-0.3, -0.25) is 9.69 Å². The lowest BCUT2D eigenvalue weighted by Gasteiger charge is -2.36. The maximum Gasteiger partial charge on any atom is 0.253 e. The first-order valence-corrected chi connectivity index (χ1v) is 9.44. The molecule has 26 heavy (non-hydrogen) atoms. The number of ether oxygens (including phenoxy) is 1. The molecule has 4 heteroatoms. The first-order chi connectivity index (χ1) is 12.7. The Kier molecular flexibility index (Phi) is 5.05. The van der Waals surface area contributed by atoms with Gasteiger partial charge in [-0.05, 0) is 30.0 Å². The van der Waals surface area contributed by atoms with Gasteiger partial charge in [0.15, 0.2) is 0 Å². The normalized spacial score (nSPS) is 20.7. The van der Waals surface area contributed by atoms with E-state index in [-0.39, 0.29) is 12.0 Å². The smallest absolute Gasteiger partial charge is 0.253 e. The molecule has 0 spiro atoms. The molecule has 2 aromatic rings. The third kappa shape index (κ3) is 3.81. The highest BCUT2D eigenvalue weighted by atomic mass is 16.5. The van der Waals surface area contributed by atoms with Crippen LogP contribution < -0.4 is 0 Å². The standard InChI is InChI=1S/C22H26N2O2/c1-17-5-4-6-18(13-17)14-23-11-12-26-21(16-23)22(25)24-10-9-19-7-2-3-8-20(19)15-24/h2-8,13,21H,9-12,14-16H2,1H3. The van der Waals surface area contributed by atoms with Crippen LogP contribution in [0.5, 0.6) is 0 Å². The van der Waals surface area contributed by atoms with Crippen molar-refractivity contribution >= 4 is 5.91 Å². The van der Waals surface area contributed by atoms with Crippen molar-refractivity contribution in [1.82, 2.24) is 9.80 Å². The number of hydrogen-bond acceptors (Lipinski definition) is 3. The van der Waals surface area contributed by atoms with Crippen LogP contribution in [-0.4, -0.2) is 48.1 Å². The minimum absolute atomic E-state index is 0.133. The molecular weight excluding hydrogens is 324 g/mol. The molecule has 0 saturated carbocycles. The highest BCUT2D eigenvalue weighted by Gasteiger charge is 2.31. The molecule has 2 heterocycles. The molecule has 4 nitrogen and oxygen atoms in total. The van der Waals surface area contributed by atoms with Crippen molar-refractivity contribution in [2.75, 3.05) is 26.2 Å². The number of nitrogens with zero attached hydrogens (tertiary/aromatic N) is 2. The van der Waals surface area contributed by atoms with Gasteiger partial charge in [-0.1, -0.05) is 54.1 Å². The highest BCUT2D eigenvalue weighted by Crippen LogP contribution is 2.21. The van der Waals surface area contributed by atoms with Gasteiger partial charge < -0.3 is 9.64 Å². The monoisotopic (exact) mass is 350 g/mol.